The molecule has 0 aliphatic carbocycles. The fourth-order valence-electron chi connectivity index (χ4n) is 2.60. The highest BCUT2D eigenvalue weighted by atomic mass is 35.5. The average molecular weight is 447 g/mol. The molecule has 10 heteroatoms. The number of hydrogen-bond acceptors (Lipinski definition) is 6. The third-order valence-electron chi connectivity index (χ3n) is 3.98. The van der Waals surface area contributed by atoms with Gasteiger partial charge in [-0.2, -0.15) is 5.26 Å². The minimum atomic E-state index is -0.162. The van der Waals surface area contributed by atoms with Crippen molar-refractivity contribution in [2.45, 2.75) is 11.6 Å². The Labute approximate surface area is 182 Å². The van der Waals surface area contributed by atoms with Gasteiger partial charge in [0.2, 0.25) is 11.1 Å². The van der Waals surface area contributed by atoms with Crippen molar-refractivity contribution in [2.75, 3.05) is 23.0 Å². The fourth-order valence-corrected chi connectivity index (χ4v) is 3.83. The van der Waals surface area contributed by atoms with Gasteiger partial charge in [0.15, 0.2) is 5.82 Å². The lowest BCUT2D eigenvalue weighted by Crippen LogP contribution is -2.33. The van der Waals surface area contributed by atoms with Crippen LogP contribution in [0, 0.1) is 11.3 Å². The molecule has 0 spiro atoms. The molecule has 0 aliphatic heterocycles. The quantitative estimate of drug-likeness (QED) is 0.434. The molecule has 2 N–H and O–H groups in total. The third-order valence-corrected chi connectivity index (χ3v) is 5.45. The van der Waals surface area contributed by atoms with E-state index in [1.54, 1.807) is 23.1 Å². The number of anilines is 1. The fraction of sp³-hybridized carbons (Fsp3) is 0.158. The van der Waals surface area contributed by atoms with Crippen molar-refractivity contribution >= 4 is 46.6 Å². The van der Waals surface area contributed by atoms with Gasteiger partial charge in [0.05, 0.1) is 23.3 Å². The Balaban J connectivity index is 1.74. The maximum atomic E-state index is 12.8. The standard InChI is InChI=1S/C19H16Cl2N6OS/c20-13-7-8-15(16(21)11-13)18-24-25-19(27(18)23)29-12-17(28)26(10-4-9-22)14-5-2-1-3-6-14/h1-3,5-8,11H,4,10,12,23H2. The van der Waals surface area contributed by atoms with Gasteiger partial charge in [-0.3, -0.25) is 4.79 Å². The lowest BCUT2D eigenvalue weighted by molar-refractivity contribution is -0.116. The number of nitrogens with two attached hydrogens (primary N) is 1. The van der Waals surface area contributed by atoms with E-state index in [2.05, 4.69) is 16.3 Å². The number of carbonyl (C=O) groups is 1. The van der Waals surface area contributed by atoms with E-state index in [1.807, 2.05) is 30.3 Å². The van der Waals surface area contributed by atoms with Crippen LogP contribution in [0.15, 0.2) is 53.7 Å². The van der Waals surface area contributed by atoms with Crippen LogP contribution in [-0.2, 0) is 4.79 Å². The summed E-state index contributed by atoms with van der Waals surface area (Å²) in [5, 5.41) is 18.3. The highest BCUT2D eigenvalue weighted by Gasteiger charge is 2.19. The number of nitrogen functional groups attached to an aromatic ring is 1. The molecule has 0 saturated carbocycles. The Morgan fingerprint density at radius 1 is 1.21 bits per heavy atom. The van der Waals surface area contributed by atoms with Gasteiger partial charge in [-0.15, -0.1) is 10.2 Å². The molecule has 0 saturated heterocycles. The molecule has 3 rings (SSSR count). The van der Waals surface area contributed by atoms with Gasteiger partial charge in [0.1, 0.15) is 0 Å². The number of benzene rings is 2. The van der Waals surface area contributed by atoms with Gasteiger partial charge < -0.3 is 10.7 Å². The molecule has 0 aliphatic rings. The van der Waals surface area contributed by atoms with Crippen molar-refractivity contribution in [1.29, 1.82) is 5.26 Å². The lowest BCUT2D eigenvalue weighted by Gasteiger charge is -2.21. The van der Waals surface area contributed by atoms with Crippen LogP contribution in [0.4, 0.5) is 5.69 Å². The molecule has 1 aromatic heterocycles. The first-order chi connectivity index (χ1) is 14.0. The first-order valence-corrected chi connectivity index (χ1v) is 10.3. The van der Waals surface area contributed by atoms with Crippen LogP contribution in [0.5, 0.6) is 0 Å². The molecule has 0 unspecified atom stereocenters. The highest BCUT2D eigenvalue weighted by molar-refractivity contribution is 7.99. The van der Waals surface area contributed by atoms with Gasteiger partial charge in [-0.05, 0) is 30.3 Å². The zero-order valence-corrected chi connectivity index (χ0v) is 17.5. The summed E-state index contributed by atoms with van der Waals surface area (Å²) in [6.07, 6.45) is 0.234. The molecule has 0 bridgehead atoms. The summed E-state index contributed by atoms with van der Waals surface area (Å²) in [4.78, 5) is 14.3. The number of para-hydroxylation sites is 1. The number of nitrogens with zero attached hydrogens (tertiary/aromatic N) is 5. The summed E-state index contributed by atoms with van der Waals surface area (Å²) in [7, 11) is 0. The van der Waals surface area contributed by atoms with Crippen LogP contribution in [0.1, 0.15) is 6.42 Å². The van der Waals surface area contributed by atoms with E-state index in [0.29, 0.717) is 33.1 Å². The van der Waals surface area contributed by atoms with Crippen LogP contribution in [0.3, 0.4) is 0 Å². The van der Waals surface area contributed by atoms with Gasteiger partial charge in [-0.1, -0.05) is 53.2 Å². The Bertz CT molecular complexity index is 1050. The second-order valence-electron chi connectivity index (χ2n) is 5.88. The van der Waals surface area contributed by atoms with Crippen molar-refractivity contribution in [1.82, 2.24) is 14.9 Å². The van der Waals surface area contributed by atoms with Crippen LogP contribution < -0.4 is 10.7 Å². The minimum absolute atomic E-state index is 0.0873. The van der Waals surface area contributed by atoms with Crippen LogP contribution in [-0.4, -0.2) is 33.1 Å². The Morgan fingerprint density at radius 2 is 1.97 bits per heavy atom. The predicted molar refractivity (Wildman–Crippen MR) is 115 cm³/mol. The number of aromatic nitrogens is 3. The molecule has 3 aromatic rings. The molecule has 0 atom stereocenters. The zero-order valence-electron chi connectivity index (χ0n) is 15.1. The van der Waals surface area contributed by atoms with E-state index >= 15 is 0 Å². The topological polar surface area (TPSA) is 101 Å². The van der Waals surface area contributed by atoms with Gasteiger partial charge in [-0.25, -0.2) is 4.68 Å². The number of nitriles is 1. The molecular formula is C19H16Cl2N6OS. The van der Waals surface area contributed by atoms with Crippen molar-refractivity contribution in [3.63, 3.8) is 0 Å². The highest BCUT2D eigenvalue weighted by Crippen LogP contribution is 2.30. The van der Waals surface area contributed by atoms with Crippen LogP contribution >= 0.6 is 35.0 Å². The molecule has 0 radical (unpaired) electrons. The number of halogens is 2. The number of hydrogen-bond donors (Lipinski definition) is 1. The van der Waals surface area contributed by atoms with E-state index in [1.165, 1.54) is 4.68 Å². The number of rotatable bonds is 7. The van der Waals surface area contributed by atoms with Crippen molar-refractivity contribution in [3.8, 4) is 17.5 Å². The maximum Gasteiger partial charge on any atom is 0.237 e. The molecule has 2 aromatic carbocycles. The van der Waals surface area contributed by atoms with E-state index in [4.69, 9.17) is 34.3 Å². The molecule has 1 amide bonds. The molecule has 7 nitrogen and oxygen atoms in total. The van der Waals surface area contributed by atoms with Crippen LogP contribution in [0.25, 0.3) is 11.4 Å². The largest absolute Gasteiger partial charge is 0.335 e. The summed E-state index contributed by atoms with van der Waals surface area (Å²) in [6.45, 7) is 0.306. The second kappa shape index (κ2) is 9.65. The van der Waals surface area contributed by atoms with E-state index in [-0.39, 0.29) is 18.1 Å². The number of thioether (sulfide) groups is 1. The summed E-state index contributed by atoms with van der Waals surface area (Å²) >= 11 is 13.3. The molecular weight excluding hydrogens is 431 g/mol. The Morgan fingerprint density at radius 3 is 2.66 bits per heavy atom. The summed E-state index contributed by atoms with van der Waals surface area (Å²) in [5.41, 5.74) is 1.32. The SMILES string of the molecule is N#CCCN(C(=O)CSc1nnc(-c2ccc(Cl)cc2Cl)n1N)c1ccccc1. The van der Waals surface area contributed by atoms with Crippen molar-refractivity contribution in [3.05, 3.63) is 58.6 Å². The zero-order chi connectivity index (χ0) is 20.8. The van der Waals surface area contributed by atoms with E-state index < -0.39 is 0 Å². The van der Waals surface area contributed by atoms with Crippen LogP contribution in [0.2, 0.25) is 10.0 Å². The van der Waals surface area contributed by atoms with Crippen molar-refractivity contribution < 1.29 is 4.79 Å². The maximum absolute atomic E-state index is 12.8. The normalized spacial score (nSPS) is 10.5. The van der Waals surface area contributed by atoms with Crippen molar-refractivity contribution in [2.24, 2.45) is 0 Å². The predicted octanol–water partition coefficient (Wildman–Crippen LogP) is 4.00. The number of amides is 1. The first-order valence-electron chi connectivity index (χ1n) is 8.52. The monoisotopic (exact) mass is 446 g/mol. The summed E-state index contributed by atoms with van der Waals surface area (Å²) < 4.78 is 1.29. The van der Waals surface area contributed by atoms with E-state index in [9.17, 15) is 4.79 Å². The first kappa shape index (κ1) is 21.0. The summed E-state index contributed by atoms with van der Waals surface area (Å²) in [6, 6.07) is 16.2. The van der Waals surface area contributed by atoms with Gasteiger partial charge >= 0.3 is 0 Å². The molecule has 0 fully saturated rings. The lowest BCUT2D eigenvalue weighted by atomic mass is 10.2. The molecule has 1 heterocycles. The second-order valence-corrected chi connectivity index (χ2v) is 7.66. The molecule has 148 valence electrons. The average Bonchev–Trinajstić information content (AvgIpc) is 3.08. The van der Waals surface area contributed by atoms with E-state index in [0.717, 1.165) is 17.4 Å². The minimum Gasteiger partial charge on any atom is -0.335 e. The number of carbonyl (C=O) groups excluding carboxylic acids is 1. The summed E-state index contributed by atoms with van der Waals surface area (Å²) in [5.74, 6) is 6.40. The Hall–Kier alpha value is -2.73. The van der Waals surface area contributed by atoms with Gasteiger partial charge in [0.25, 0.3) is 0 Å². The molecule has 29 heavy (non-hydrogen) atoms. The van der Waals surface area contributed by atoms with Gasteiger partial charge in [0, 0.05) is 22.8 Å². The smallest absolute Gasteiger partial charge is 0.237 e. The third kappa shape index (κ3) is 5.01. The Kier molecular flexibility index (Phi) is 6.99.